The van der Waals surface area contributed by atoms with Gasteiger partial charge in [-0.15, -0.1) is 22.8 Å². The van der Waals surface area contributed by atoms with E-state index in [2.05, 4.69) is 13.8 Å². The van der Waals surface area contributed by atoms with Crippen LogP contribution in [0.2, 0.25) is 0 Å². The first-order chi connectivity index (χ1) is 8.61. The molecule has 0 spiro atoms. The molecule has 0 aliphatic carbocycles. The molecular formula is C10H24O2P2S4. The fourth-order valence-corrected chi connectivity index (χ4v) is 25.1. The minimum atomic E-state index is -2.12. The average Bonchev–Trinajstić information content (AvgIpc) is 2.33. The van der Waals surface area contributed by atoms with E-state index in [0.717, 1.165) is 0 Å². The van der Waals surface area contributed by atoms with Gasteiger partial charge < -0.3 is 9.05 Å². The molecular weight excluding hydrogens is 342 g/mol. The Morgan fingerprint density at radius 3 is 1.72 bits per heavy atom. The van der Waals surface area contributed by atoms with E-state index in [0.29, 0.717) is 13.2 Å². The highest BCUT2D eigenvalue weighted by atomic mass is 33.5. The second-order valence-electron chi connectivity index (χ2n) is 3.25. The predicted molar refractivity (Wildman–Crippen MR) is 97.5 cm³/mol. The van der Waals surface area contributed by atoms with Gasteiger partial charge in [-0.2, -0.15) is 0 Å². The lowest BCUT2D eigenvalue weighted by Gasteiger charge is -2.24. The van der Waals surface area contributed by atoms with E-state index in [1.807, 2.05) is 36.6 Å². The van der Waals surface area contributed by atoms with Crippen molar-refractivity contribution in [1.29, 1.82) is 0 Å². The van der Waals surface area contributed by atoms with Crippen molar-refractivity contribution in [3.8, 4) is 0 Å². The van der Waals surface area contributed by atoms with Gasteiger partial charge in [-0.1, -0.05) is 13.8 Å². The molecule has 18 heavy (non-hydrogen) atoms. The maximum atomic E-state index is 5.72. The zero-order valence-corrected chi connectivity index (χ0v) is 16.6. The Hall–Kier alpha value is 2.05. The van der Waals surface area contributed by atoms with Crippen LogP contribution in [0.4, 0.5) is 0 Å². The first-order valence-electron chi connectivity index (χ1n) is 6.26. The SMILES string of the molecule is CCCSP(SCCC)SP(=S)(OCC)OCC. The maximum Gasteiger partial charge on any atom is 0.253 e. The molecule has 0 aromatic heterocycles. The van der Waals surface area contributed by atoms with E-state index >= 15 is 0 Å². The van der Waals surface area contributed by atoms with Crippen LogP contribution in [0.5, 0.6) is 0 Å². The molecule has 0 radical (unpaired) electrons. The van der Waals surface area contributed by atoms with Gasteiger partial charge in [-0.3, -0.25) is 0 Å². The van der Waals surface area contributed by atoms with Crippen LogP contribution >= 0.6 is 45.0 Å². The zero-order chi connectivity index (χ0) is 13.9. The molecule has 0 unspecified atom stereocenters. The summed E-state index contributed by atoms with van der Waals surface area (Å²) in [6.07, 6.45) is 2.42. The smallest absolute Gasteiger partial charge is 0.253 e. The first kappa shape index (κ1) is 20.1. The van der Waals surface area contributed by atoms with Crippen molar-refractivity contribution in [2.45, 2.75) is 40.5 Å². The molecule has 0 amide bonds. The predicted octanol–water partition coefficient (Wildman–Crippen LogP) is 6.53. The van der Waals surface area contributed by atoms with E-state index in [9.17, 15) is 0 Å². The molecule has 0 aliphatic heterocycles. The summed E-state index contributed by atoms with van der Waals surface area (Å²) in [5.74, 6) is 2.39. The minimum absolute atomic E-state index is 0.238. The molecule has 0 bridgehead atoms. The summed E-state index contributed by atoms with van der Waals surface area (Å²) >= 11 is 11.5. The standard InChI is InChI=1S/C10H24O2P2S4/c1-5-9-16-13(17-10-6-2)18-14(15,11-7-3)12-8-4/h5-10H2,1-4H3. The molecule has 0 aromatic rings. The number of hydrogen-bond donors (Lipinski definition) is 0. The van der Waals surface area contributed by atoms with Crippen LogP contribution in [0.3, 0.4) is 0 Å². The Bertz CT molecular complexity index is 226. The molecule has 0 N–H and O–H groups in total. The maximum absolute atomic E-state index is 5.72. The summed E-state index contributed by atoms with van der Waals surface area (Å²) in [6.45, 7) is 9.70. The second kappa shape index (κ2) is 12.8. The summed E-state index contributed by atoms with van der Waals surface area (Å²) in [5, 5.41) is 0. The first-order valence-corrected chi connectivity index (χ1v) is 15.4. The lowest BCUT2D eigenvalue weighted by atomic mass is 10.6. The van der Waals surface area contributed by atoms with Crippen molar-refractivity contribution >= 4 is 56.8 Å². The second-order valence-corrected chi connectivity index (χ2v) is 19.1. The lowest BCUT2D eigenvalue weighted by Crippen LogP contribution is -1.90. The summed E-state index contributed by atoms with van der Waals surface area (Å²) in [6, 6.07) is 0. The summed E-state index contributed by atoms with van der Waals surface area (Å²) in [7, 11) is 0. The number of rotatable bonds is 12. The Morgan fingerprint density at radius 1 is 0.944 bits per heavy atom. The normalized spacial score (nSPS) is 12.3. The van der Waals surface area contributed by atoms with Crippen LogP contribution in [-0.2, 0) is 20.9 Å². The largest absolute Gasteiger partial charge is 0.322 e. The van der Waals surface area contributed by atoms with Crippen molar-refractivity contribution in [2.75, 3.05) is 24.7 Å². The van der Waals surface area contributed by atoms with Gasteiger partial charge in [-0.05, 0) is 61.0 Å². The zero-order valence-electron chi connectivity index (χ0n) is 11.6. The van der Waals surface area contributed by atoms with Crippen LogP contribution in [0.1, 0.15) is 40.5 Å². The van der Waals surface area contributed by atoms with E-state index in [4.69, 9.17) is 20.9 Å². The highest BCUT2D eigenvalue weighted by molar-refractivity contribution is 9.22. The molecule has 0 aliphatic rings. The Kier molecular flexibility index (Phi) is 14.2. The van der Waals surface area contributed by atoms with Gasteiger partial charge in [0.2, 0.25) is 0 Å². The minimum Gasteiger partial charge on any atom is -0.322 e. The van der Waals surface area contributed by atoms with Crippen molar-refractivity contribution in [3.63, 3.8) is 0 Å². The molecule has 0 heterocycles. The Labute approximate surface area is 130 Å². The van der Waals surface area contributed by atoms with Crippen LogP contribution in [0.15, 0.2) is 0 Å². The molecule has 8 heteroatoms. The van der Waals surface area contributed by atoms with E-state index in [1.165, 1.54) is 24.3 Å². The van der Waals surface area contributed by atoms with Crippen molar-refractivity contribution in [3.05, 3.63) is 0 Å². The van der Waals surface area contributed by atoms with E-state index in [1.54, 1.807) is 11.0 Å². The molecule has 0 aromatic carbocycles. The highest BCUT2D eigenvalue weighted by Gasteiger charge is 2.25. The summed E-state index contributed by atoms with van der Waals surface area (Å²) in [4.78, 5) is 0. The molecule has 0 atom stereocenters. The molecule has 0 fully saturated rings. The lowest BCUT2D eigenvalue weighted by molar-refractivity contribution is 0.281. The molecule has 110 valence electrons. The van der Waals surface area contributed by atoms with E-state index in [-0.39, 0.29) is 5.53 Å². The van der Waals surface area contributed by atoms with Crippen LogP contribution in [0, 0.1) is 0 Å². The van der Waals surface area contributed by atoms with Gasteiger partial charge in [0.25, 0.3) is 5.69 Å². The molecule has 0 saturated carbocycles. The van der Waals surface area contributed by atoms with Crippen molar-refractivity contribution in [2.24, 2.45) is 0 Å². The third kappa shape index (κ3) is 9.88. The quantitative estimate of drug-likeness (QED) is 0.363. The van der Waals surface area contributed by atoms with Gasteiger partial charge in [0.1, 0.15) is 0 Å². The third-order valence-electron chi connectivity index (χ3n) is 1.54. The highest BCUT2D eigenvalue weighted by Crippen LogP contribution is 2.83. The molecule has 2 nitrogen and oxygen atoms in total. The van der Waals surface area contributed by atoms with Crippen molar-refractivity contribution in [1.82, 2.24) is 0 Å². The third-order valence-corrected chi connectivity index (χ3v) is 21.4. The monoisotopic (exact) mass is 366 g/mol. The Balaban J connectivity index is 4.41. The summed E-state index contributed by atoms with van der Waals surface area (Å²) in [5.41, 5.74) is -2.36. The topological polar surface area (TPSA) is 18.5 Å². The van der Waals surface area contributed by atoms with Crippen molar-refractivity contribution < 1.29 is 9.05 Å². The Morgan fingerprint density at radius 2 is 1.39 bits per heavy atom. The number of hydrogen-bond acceptors (Lipinski definition) is 6. The average molecular weight is 367 g/mol. The fourth-order valence-electron chi connectivity index (χ4n) is 0.898. The van der Waals surface area contributed by atoms with Gasteiger partial charge in [0, 0.05) is 0 Å². The van der Waals surface area contributed by atoms with Gasteiger partial charge >= 0.3 is 0 Å². The van der Waals surface area contributed by atoms with Gasteiger partial charge in [-0.25, -0.2) is 0 Å². The van der Waals surface area contributed by atoms with Crippen LogP contribution in [0.25, 0.3) is 0 Å². The van der Waals surface area contributed by atoms with E-state index < -0.39 is 5.69 Å². The van der Waals surface area contributed by atoms with Gasteiger partial charge in [0.15, 0.2) is 0 Å². The van der Waals surface area contributed by atoms with Crippen LogP contribution < -0.4 is 0 Å². The summed E-state index contributed by atoms with van der Waals surface area (Å²) < 4.78 is 11.4. The molecule has 0 saturated heterocycles. The van der Waals surface area contributed by atoms with Crippen LogP contribution in [-0.4, -0.2) is 24.7 Å². The molecule has 0 rings (SSSR count). The van der Waals surface area contributed by atoms with Gasteiger partial charge in [0.05, 0.1) is 18.7 Å². The fraction of sp³-hybridized carbons (Fsp3) is 1.00.